The lowest BCUT2D eigenvalue weighted by molar-refractivity contribution is 1.18. The summed E-state index contributed by atoms with van der Waals surface area (Å²) >= 11 is 0. The molecule has 0 radical (unpaired) electrons. The standard InChI is InChI=1S/C30H21N3/c1-2-10-22(11-3-1)30-31-19-25(20-32-30)33-29-18-24(17-23-12-5-7-15-28(23)29)27-16-8-13-21-9-4-6-14-26(21)27/h1-20,33H. The SMILES string of the molecule is c1ccc(-c2ncc(Nc3cc(-c4cccc5ccccc45)cc4ccccc34)cn2)cc1. The molecule has 0 unspecified atom stereocenters. The average Bonchev–Trinajstić information content (AvgIpc) is 2.89. The molecule has 6 aromatic rings. The summed E-state index contributed by atoms with van der Waals surface area (Å²) in [5, 5.41) is 8.39. The molecule has 0 bridgehead atoms. The quantitative estimate of drug-likeness (QED) is 0.314. The van der Waals surface area contributed by atoms with Gasteiger partial charge in [-0.2, -0.15) is 0 Å². The fraction of sp³-hybridized carbons (Fsp3) is 0. The molecule has 3 nitrogen and oxygen atoms in total. The summed E-state index contributed by atoms with van der Waals surface area (Å²) < 4.78 is 0. The average molecular weight is 424 g/mol. The Morgan fingerprint density at radius 2 is 1.18 bits per heavy atom. The molecule has 0 spiro atoms. The Bertz CT molecular complexity index is 1570. The van der Waals surface area contributed by atoms with Gasteiger partial charge in [0.15, 0.2) is 5.82 Å². The van der Waals surface area contributed by atoms with Crippen molar-refractivity contribution in [3.63, 3.8) is 0 Å². The Balaban J connectivity index is 1.43. The summed E-state index contributed by atoms with van der Waals surface area (Å²) in [4.78, 5) is 9.15. The van der Waals surface area contributed by atoms with Gasteiger partial charge in [-0.25, -0.2) is 9.97 Å². The number of aromatic nitrogens is 2. The lowest BCUT2D eigenvalue weighted by Gasteiger charge is -2.14. The number of nitrogens with zero attached hydrogens (tertiary/aromatic N) is 2. The van der Waals surface area contributed by atoms with Crippen LogP contribution in [0.2, 0.25) is 0 Å². The molecule has 0 aliphatic rings. The van der Waals surface area contributed by atoms with Gasteiger partial charge in [0.2, 0.25) is 0 Å². The lowest BCUT2D eigenvalue weighted by Crippen LogP contribution is -1.96. The van der Waals surface area contributed by atoms with Crippen molar-refractivity contribution >= 4 is 32.9 Å². The van der Waals surface area contributed by atoms with Gasteiger partial charge in [0.25, 0.3) is 0 Å². The van der Waals surface area contributed by atoms with Gasteiger partial charge in [0.05, 0.1) is 18.1 Å². The van der Waals surface area contributed by atoms with Gasteiger partial charge in [0.1, 0.15) is 0 Å². The van der Waals surface area contributed by atoms with Crippen molar-refractivity contribution in [3.05, 3.63) is 122 Å². The highest BCUT2D eigenvalue weighted by molar-refractivity contribution is 6.03. The van der Waals surface area contributed by atoms with Crippen LogP contribution in [0.5, 0.6) is 0 Å². The summed E-state index contributed by atoms with van der Waals surface area (Å²) in [6.07, 6.45) is 3.68. The second-order valence-corrected chi connectivity index (χ2v) is 8.06. The number of hydrogen-bond donors (Lipinski definition) is 1. The zero-order valence-electron chi connectivity index (χ0n) is 17.9. The molecule has 6 rings (SSSR count). The molecule has 0 saturated carbocycles. The number of benzene rings is 5. The van der Waals surface area contributed by atoms with Gasteiger partial charge < -0.3 is 5.32 Å². The Morgan fingerprint density at radius 1 is 0.515 bits per heavy atom. The van der Waals surface area contributed by atoms with E-state index in [2.05, 4.69) is 94.1 Å². The molecule has 0 saturated heterocycles. The molecule has 156 valence electrons. The van der Waals surface area contributed by atoms with Crippen LogP contribution >= 0.6 is 0 Å². The summed E-state index contributed by atoms with van der Waals surface area (Å²) in [6.45, 7) is 0. The Hall–Kier alpha value is -4.50. The fourth-order valence-corrected chi connectivity index (χ4v) is 4.33. The first-order chi connectivity index (χ1) is 16.3. The number of rotatable bonds is 4. The number of fused-ring (bicyclic) bond motifs is 2. The number of anilines is 2. The van der Waals surface area contributed by atoms with Gasteiger partial charge >= 0.3 is 0 Å². The van der Waals surface area contributed by atoms with Crippen molar-refractivity contribution in [2.75, 3.05) is 5.32 Å². The van der Waals surface area contributed by atoms with Crippen LogP contribution in [0.4, 0.5) is 11.4 Å². The van der Waals surface area contributed by atoms with Gasteiger partial charge in [-0.3, -0.25) is 0 Å². The van der Waals surface area contributed by atoms with Crippen LogP contribution in [0.25, 0.3) is 44.1 Å². The predicted octanol–water partition coefficient (Wildman–Crippen LogP) is 7.86. The third kappa shape index (κ3) is 3.70. The van der Waals surface area contributed by atoms with Gasteiger partial charge in [-0.15, -0.1) is 0 Å². The van der Waals surface area contributed by atoms with Crippen molar-refractivity contribution in [1.82, 2.24) is 9.97 Å². The highest BCUT2D eigenvalue weighted by atomic mass is 15.0. The van der Waals surface area contributed by atoms with E-state index in [1.165, 1.54) is 27.3 Å². The van der Waals surface area contributed by atoms with Gasteiger partial charge in [0, 0.05) is 16.6 Å². The first-order valence-corrected chi connectivity index (χ1v) is 11.0. The highest BCUT2D eigenvalue weighted by Gasteiger charge is 2.10. The summed E-state index contributed by atoms with van der Waals surface area (Å²) in [5.41, 5.74) is 5.29. The molecule has 5 aromatic carbocycles. The summed E-state index contributed by atoms with van der Waals surface area (Å²) in [6, 6.07) is 37.9. The van der Waals surface area contributed by atoms with Crippen LogP contribution in [0.3, 0.4) is 0 Å². The molecule has 1 N–H and O–H groups in total. The number of nitrogens with one attached hydrogen (secondary N) is 1. The van der Waals surface area contributed by atoms with Gasteiger partial charge in [-0.1, -0.05) is 97.1 Å². The van der Waals surface area contributed by atoms with Crippen LogP contribution < -0.4 is 5.32 Å². The van der Waals surface area contributed by atoms with E-state index in [9.17, 15) is 0 Å². The second kappa shape index (κ2) is 8.21. The van der Waals surface area contributed by atoms with Crippen LogP contribution in [0.1, 0.15) is 0 Å². The van der Waals surface area contributed by atoms with E-state index in [0.29, 0.717) is 0 Å². The van der Waals surface area contributed by atoms with Crippen molar-refractivity contribution < 1.29 is 0 Å². The normalized spacial score (nSPS) is 11.0. The zero-order valence-corrected chi connectivity index (χ0v) is 17.9. The molecule has 1 aromatic heterocycles. The fourth-order valence-electron chi connectivity index (χ4n) is 4.33. The van der Waals surface area contributed by atoms with Crippen LogP contribution in [0.15, 0.2) is 122 Å². The third-order valence-electron chi connectivity index (χ3n) is 5.93. The molecule has 1 heterocycles. The molecule has 33 heavy (non-hydrogen) atoms. The van der Waals surface area contributed by atoms with Crippen molar-refractivity contribution in [1.29, 1.82) is 0 Å². The topological polar surface area (TPSA) is 37.8 Å². The summed E-state index contributed by atoms with van der Waals surface area (Å²) in [7, 11) is 0. The number of hydrogen-bond acceptors (Lipinski definition) is 3. The Morgan fingerprint density at radius 3 is 2.00 bits per heavy atom. The molecule has 0 aliphatic heterocycles. The van der Waals surface area contributed by atoms with Crippen molar-refractivity contribution in [2.24, 2.45) is 0 Å². The first-order valence-electron chi connectivity index (χ1n) is 11.0. The van der Waals surface area contributed by atoms with E-state index >= 15 is 0 Å². The van der Waals surface area contributed by atoms with Crippen molar-refractivity contribution in [2.45, 2.75) is 0 Å². The van der Waals surface area contributed by atoms with Crippen LogP contribution in [-0.2, 0) is 0 Å². The minimum Gasteiger partial charge on any atom is -0.352 e. The third-order valence-corrected chi connectivity index (χ3v) is 5.93. The first kappa shape index (κ1) is 19.2. The molecule has 0 aliphatic carbocycles. The van der Waals surface area contributed by atoms with E-state index in [1.807, 2.05) is 42.7 Å². The largest absolute Gasteiger partial charge is 0.352 e. The minimum absolute atomic E-state index is 0.718. The molecule has 3 heteroatoms. The Labute approximate surface area is 192 Å². The Kier molecular flexibility index (Phi) is 4.78. The van der Waals surface area contributed by atoms with Crippen LogP contribution in [-0.4, -0.2) is 9.97 Å². The maximum atomic E-state index is 4.57. The van der Waals surface area contributed by atoms with E-state index in [1.54, 1.807) is 0 Å². The zero-order chi connectivity index (χ0) is 22.0. The molecular formula is C30H21N3. The second-order valence-electron chi connectivity index (χ2n) is 8.06. The summed E-state index contributed by atoms with van der Waals surface area (Å²) in [5.74, 6) is 0.718. The maximum absolute atomic E-state index is 4.57. The molecule has 0 atom stereocenters. The van der Waals surface area contributed by atoms with E-state index in [-0.39, 0.29) is 0 Å². The highest BCUT2D eigenvalue weighted by Crippen LogP contribution is 2.35. The van der Waals surface area contributed by atoms with E-state index in [0.717, 1.165) is 28.1 Å². The van der Waals surface area contributed by atoms with Crippen molar-refractivity contribution in [3.8, 4) is 22.5 Å². The smallest absolute Gasteiger partial charge is 0.159 e. The van der Waals surface area contributed by atoms with Gasteiger partial charge in [-0.05, 0) is 39.4 Å². The predicted molar refractivity (Wildman–Crippen MR) is 138 cm³/mol. The minimum atomic E-state index is 0.718. The molecule has 0 fully saturated rings. The van der Waals surface area contributed by atoms with Crippen LogP contribution in [0, 0.1) is 0 Å². The van der Waals surface area contributed by atoms with E-state index < -0.39 is 0 Å². The van der Waals surface area contributed by atoms with E-state index in [4.69, 9.17) is 0 Å². The maximum Gasteiger partial charge on any atom is 0.159 e. The molecule has 0 amide bonds. The molecular weight excluding hydrogens is 402 g/mol. The monoisotopic (exact) mass is 423 g/mol. The lowest BCUT2D eigenvalue weighted by atomic mass is 9.95.